The van der Waals surface area contributed by atoms with E-state index in [-0.39, 0.29) is 11.5 Å². The molecular weight excluding hydrogens is 416 g/mol. The average molecular weight is 436 g/mol. The molecule has 1 aliphatic heterocycles. The van der Waals surface area contributed by atoms with Gasteiger partial charge in [0.05, 0.1) is 19.8 Å². The van der Waals surface area contributed by atoms with E-state index in [0.717, 1.165) is 16.7 Å². The zero-order valence-corrected chi connectivity index (χ0v) is 17.7. The third-order valence-corrected chi connectivity index (χ3v) is 5.64. The molecule has 0 aliphatic carbocycles. The molecule has 2 heterocycles. The van der Waals surface area contributed by atoms with E-state index in [1.54, 1.807) is 35.7 Å². The second kappa shape index (κ2) is 8.53. The number of rotatable bonds is 6. The summed E-state index contributed by atoms with van der Waals surface area (Å²) in [6, 6.07) is 10.7. The number of ether oxygens (including phenoxy) is 2. The van der Waals surface area contributed by atoms with E-state index in [9.17, 15) is 14.7 Å². The molecule has 0 saturated heterocycles. The minimum atomic E-state index is -0.470. The second-order valence-electron chi connectivity index (χ2n) is 6.85. The molecule has 158 valence electrons. The van der Waals surface area contributed by atoms with Crippen LogP contribution in [0.2, 0.25) is 0 Å². The van der Waals surface area contributed by atoms with Crippen LogP contribution in [0, 0.1) is 0 Å². The van der Waals surface area contributed by atoms with E-state index < -0.39 is 11.8 Å². The Morgan fingerprint density at radius 2 is 1.87 bits per heavy atom. The first-order valence-corrected chi connectivity index (χ1v) is 10.4. The normalized spacial score (nSPS) is 14.2. The molecule has 3 N–H and O–H groups in total. The fraction of sp³-hybridized carbons (Fsp3) is 0.130. The SMILES string of the molecule is COc1cc(CN/C=C2\C(=O)NC(=O)c3ccc(-c4ccsc4)cc32)cc(O)c1OC. The summed E-state index contributed by atoms with van der Waals surface area (Å²) in [7, 11) is 2.94. The van der Waals surface area contributed by atoms with Gasteiger partial charge in [0.25, 0.3) is 11.8 Å². The van der Waals surface area contributed by atoms with Crippen LogP contribution in [0.4, 0.5) is 0 Å². The molecule has 7 nitrogen and oxygen atoms in total. The number of imide groups is 1. The summed E-state index contributed by atoms with van der Waals surface area (Å²) in [6.07, 6.45) is 1.58. The van der Waals surface area contributed by atoms with Crippen molar-refractivity contribution in [3.63, 3.8) is 0 Å². The zero-order valence-electron chi connectivity index (χ0n) is 16.9. The van der Waals surface area contributed by atoms with Gasteiger partial charge in [0.2, 0.25) is 5.75 Å². The molecule has 1 aliphatic rings. The number of carbonyl (C=O) groups is 2. The molecule has 31 heavy (non-hydrogen) atoms. The summed E-state index contributed by atoms with van der Waals surface area (Å²) in [5, 5.41) is 19.6. The minimum absolute atomic E-state index is 0.0435. The van der Waals surface area contributed by atoms with Crippen LogP contribution in [0.15, 0.2) is 53.4 Å². The molecule has 0 spiro atoms. The number of fused-ring (bicyclic) bond motifs is 1. The van der Waals surface area contributed by atoms with Gasteiger partial charge in [-0.25, -0.2) is 0 Å². The average Bonchev–Trinajstić information content (AvgIpc) is 3.30. The van der Waals surface area contributed by atoms with Gasteiger partial charge < -0.3 is 19.9 Å². The number of aromatic hydroxyl groups is 1. The summed E-state index contributed by atoms with van der Waals surface area (Å²) < 4.78 is 10.4. The lowest BCUT2D eigenvalue weighted by molar-refractivity contribution is -0.114. The maximum Gasteiger partial charge on any atom is 0.260 e. The molecule has 2 aromatic carbocycles. The number of methoxy groups -OCH3 is 2. The number of benzene rings is 2. The van der Waals surface area contributed by atoms with Gasteiger partial charge in [-0.2, -0.15) is 11.3 Å². The summed E-state index contributed by atoms with van der Waals surface area (Å²) in [6.45, 7) is 0.318. The van der Waals surface area contributed by atoms with Crippen LogP contribution in [0.3, 0.4) is 0 Å². The predicted octanol–water partition coefficient (Wildman–Crippen LogP) is 3.54. The van der Waals surface area contributed by atoms with Crippen molar-refractivity contribution in [3.8, 4) is 28.4 Å². The largest absolute Gasteiger partial charge is 0.504 e. The van der Waals surface area contributed by atoms with Gasteiger partial charge in [-0.3, -0.25) is 14.9 Å². The number of hydrogen-bond donors (Lipinski definition) is 3. The van der Waals surface area contributed by atoms with Gasteiger partial charge in [0.1, 0.15) is 0 Å². The Hall–Kier alpha value is -3.78. The molecule has 3 aromatic rings. The number of thiophene rings is 1. The molecular formula is C23H20N2O5S. The van der Waals surface area contributed by atoms with Gasteiger partial charge in [-0.15, -0.1) is 0 Å². The number of phenols is 1. The van der Waals surface area contributed by atoms with Crippen molar-refractivity contribution in [2.75, 3.05) is 14.2 Å². The van der Waals surface area contributed by atoms with Crippen molar-refractivity contribution in [1.82, 2.24) is 10.6 Å². The lowest BCUT2D eigenvalue weighted by Crippen LogP contribution is -2.37. The summed E-state index contributed by atoms with van der Waals surface area (Å²) in [5.41, 5.74) is 4.05. The van der Waals surface area contributed by atoms with E-state index in [4.69, 9.17) is 9.47 Å². The van der Waals surface area contributed by atoms with Crippen LogP contribution >= 0.6 is 11.3 Å². The zero-order chi connectivity index (χ0) is 22.0. The van der Waals surface area contributed by atoms with Gasteiger partial charge in [0.15, 0.2) is 11.5 Å². The van der Waals surface area contributed by atoms with Crippen LogP contribution in [0.25, 0.3) is 16.7 Å². The van der Waals surface area contributed by atoms with Crippen molar-refractivity contribution in [2.24, 2.45) is 0 Å². The summed E-state index contributed by atoms with van der Waals surface area (Å²) >= 11 is 1.58. The van der Waals surface area contributed by atoms with E-state index in [2.05, 4.69) is 10.6 Å². The molecule has 8 heteroatoms. The highest BCUT2D eigenvalue weighted by Gasteiger charge is 2.27. The second-order valence-corrected chi connectivity index (χ2v) is 7.63. The van der Waals surface area contributed by atoms with Crippen molar-refractivity contribution >= 4 is 28.7 Å². The fourth-order valence-corrected chi connectivity index (χ4v) is 4.11. The Morgan fingerprint density at radius 1 is 1.03 bits per heavy atom. The molecule has 1 aromatic heterocycles. The summed E-state index contributed by atoms with van der Waals surface area (Å²) in [5.74, 6) is -0.275. The number of carbonyl (C=O) groups excluding carboxylic acids is 2. The van der Waals surface area contributed by atoms with Crippen molar-refractivity contribution in [3.05, 3.63) is 70.0 Å². The fourth-order valence-electron chi connectivity index (χ4n) is 3.45. The number of hydrogen-bond acceptors (Lipinski definition) is 7. The first-order chi connectivity index (χ1) is 15.0. The molecule has 0 atom stereocenters. The van der Waals surface area contributed by atoms with Gasteiger partial charge in [-0.1, -0.05) is 6.07 Å². The van der Waals surface area contributed by atoms with E-state index >= 15 is 0 Å². The molecule has 0 radical (unpaired) electrons. The van der Waals surface area contributed by atoms with Crippen molar-refractivity contribution < 1.29 is 24.2 Å². The topological polar surface area (TPSA) is 96.9 Å². The van der Waals surface area contributed by atoms with Crippen LogP contribution in [0.1, 0.15) is 21.5 Å². The molecule has 0 saturated carbocycles. The van der Waals surface area contributed by atoms with Gasteiger partial charge in [0, 0.05) is 23.9 Å². The highest BCUT2D eigenvalue weighted by atomic mass is 32.1. The smallest absolute Gasteiger partial charge is 0.260 e. The van der Waals surface area contributed by atoms with Crippen molar-refractivity contribution in [1.29, 1.82) is 0 Å². The predicted molar refractivity (Wildman–Crippen MR) is 118 cm³/mol. The van der Waals surface area contributed by atoms with E-state index in [0.29, 0.717) is 29.0 Å². The molecule has 4 rings (SSSR count). The quantitative estimate of drug-likeness (QED) is 0.404. The lowest BCUT2D eigenvalue weighted by atomic mass is 9.92. The Kier molecular flexibility index (Phi) is 5.64. The van der Waals surface area contributed by atoms with Crippen LogP contribution in [-0.2, 0) is 11.3 Å². The maximum atomic E-state index is 12.5. The molecule has 0 bridgehead atoms. The highest BCUT2D eigenvalue weighted by molar-refractivity contribution is 7.08. The Labute approximate surface area is 182 Å². The summed E-state index contributed by atoms with van der Waals surface area (Å²) in [4.78, 5) is 24.8. The van der Waals surface area contributed by atoms with Crippen LogP contribution in [-0.4, -0.2) is 31.1 Å². The molecule has 0 unspecified atom stereocenters. The Balaban J connectivity index is 1.63. The Morgan fingerprint density at radius 3 is 2.58 bits per heavy atom. The van der Waals surface area contributed by atoms with Crippen molar-refractivity contribution in [2.45, 2.75) is 6.54 Å². The van der Waals surface area contributed by atoms with E-state index in [1.807, 2.05) is 29.0 Å². The number of nitrogens with one attached hydrogen (secondary N) is 2. The van der Waals surface area contributed by atoms with Crippen LogP contribution in [0.5, 0.6) is 17.2 Å². The number of amides is 2. The first kappa shape index (κ1) is 20.5. The Bertz CT molecular complexity index is 1180. The third kappa shape index (κ3) is 3.97. The standard InChI is InChI=1S/C23H20N2O5S/c1-29-20-8-13(7-19(26)21(20)30-2)10-24-11-18-17-9-14(15-5-6-31-12-15)3-4-16(17)22(27)25-23(18)28/h3-9,11-12,24,26H,10H2,1-2H3,(H,25,27,28)/b18-11-. The van der Waals surface area contributed by atoms with Crippen LogP contribution < -0.4 is 20.1 Å². The number of phenolic OH excluding ortho intramolecular Hbond substituents is 1. The highest BCUT2D eigenvalue weighted by Crippen LogP contribution is 2.37. The van der Waals surface area contributed by atoms with Gasteiger partial charge >= 0.3 is 0 Å². The molecule has 0 fully saturated rings. The van der Waals surface area contributed by atoms with Gasteiger partial charge in [-0.05, 0) is 57.8 Å². The first-order valence-electron chi connectivity index (χ1n) is 9.42. The monoisotopic (exact) mass is 436 g/mol. The third-order valence-electron chi connectivity index (χ3n) is 4.95. The minimum Gasteiger partial charge on any atom is -0.504 e. The molecule has 2 amide bonds. The lowest BCUT2D eigenvalue weighted by Gasteiger charge is -2.19. The van der Waals surface area contributed by atoms with E-state index in [1.165, 1.54) is 14.2 Å². The maximum absolute atomic E-state index is 12.5.